The Balaban J connectivity index is 1.80. The summed E-state index contributed by atoms with van der Waals surface area (Å²) in [4.78, 5) is 4.60. The quantitative estimate of drug-likeness (QED) is 0.901. The maximum Gasteiger partial charge on any atom is 0.246 e. The van der Waals surface area contributed by atoms with E-state index in [9.17, 15) is 0 Å². The van der Waals surface area contributed by atoms with E-state index in [1.165, 1.54) is 18.6 Å². The first kappa shape index (κ1) is 12.8. The second kappa shape index (κ2) is 5.06. The summed E-state index contributed by atoms with van der Waals surface area (Å²) in [5.74, 6) is 3.87. The van der Waals surface area contributed by atoms with Crippen molar-refractivity contribution in [3.05, 3.63) is 11.7 Å². The highest BCUT2D eigenvalue weighted by Crippen LogP contribution is 2.42. The number of aromatic nitrogens is 2. The van der Waals surface area contributed by atoms with E-state index in [0.29, 0.717) is 16.4 Å². The molecule has 0 bridgehead atoms. The molecule has 6 heteroatoms. The Bertz CT molecular complexity index is 417. The van der Waals surface area contributed by atoms with Crippen molar-refractivity contribution < 1.29 is 4.52 Å². The molecule has 18 heavy (non-hydrogen) atoms. The van der Waals surface area contributed by atoms with Crippen LogP contribution in [0.25, 0.3) is 0 Å². The molecule has 0 aromatic carbocycles. The molecule has 1 aliphatic carbocycles. The van der Waals surface area contributed by atoms with Gasteiger partial charge in [-0.1, -0.05) is 24.9 Å². The predicted octanol–water partition coefficient (Wildman–Crippen LogP) is 2.71. The van der Waals surface area contributed by atoms with Crippen LogP contribution in [0.2, 0.25) is 0 Å². The lowest BCUT2D eigenvalue weighted by molar-refractivity contribution is 0.283. The standard InChI is InChI=1S/C12H19N3OS2/c1-8-9(18-7-6-17-8)10-14-11(16-15-10)12(13)4-2-3-5-12/h8-9H,2-7,13H2,1H3. The van der Waals surface area contributed by atoms with Crippen molar-refractivity contribution >= 4 is 23.5 Å². The number of hydrogen-bond donors (Lipinski definition) is 1. The third-order valence-electron chi connectivity index (χ3n) is 3.81. The maximum atomic E-state index is 6.35. The normalized spacial score (nSPS) is 31.7. The van der Waals surface area contributed by atoms with E-state index in [1.54, 1.807) is 0 Å². The van der Waals surface area contributed by atoms with Gasteiger partial charge in [0.2, 0.25) is 5.89 Å². The minimum atomic E-state index is -0.360. The van der Waals surface area contributed by atoms with Crippen LogP contribution in [0.5, 0.6) is 0 Å². The van der Waals surface area contributed by atoms with Crippen LogP contribution in [-0.4, -0.2) is 26.9 Å². The van der Waals surface area contributed by atoms with Gasteiger partial charge in [0, 0.05) is 16.8 Å². The Labute approximate surface area is 116 Å². The Morgan fingerprint density at radius 1 is 1.28 bits per heavy atom. The molecular formula is C12H19N3OS2. The first-order chi connectivity index (χ1) is 8.69. The van der Waals surface area contributed by atoms with Gasteiger partial charge in [-0.2, -0.15) is 16.7 Å². The largest absolute Gasteiger partial charge is 0.337 e. The van der Waals surface area contributed by atoms with Crippen molar-refractivity contribution in [2.45, 2.75) is 48.6 Å². The third kappa shape index (κ3) is 2.30. The first-order valence-electron chi connectivity index (χ1n) is 6.55. The van der Waals surface area contributed by atoms with Crippen molar-refractivity contribution in [3.8, 4) is 0 Å². The van der Waals surface area contributed by atoms with E-state index in [2.05, 4.69) is 17.1 Å². The van der Waals surface area contributed by atoms with E-state index in [1.807, 2.05) is 23.5 Å². The molecule has 2 atom stereocenters. The zero-order chi connectivity index (χ0) is 12.6. The van der Waals surface area contributed by atoms with Gasteiger partial charge in [0.1, 0.15) is 0 Å². The van der Waals surface area contributed by atoms with Crippen LogP contribution < -0.4 is 5.73 Å². The molecule has 0 radical (unpaired) electrons. The summed E-state index contributed by atoms with van der Waals surface area (Å²) >= 11 is 3.92. The molecule has 0 amide bonds. The van der Waals surface area contributed by atoms with E-state index >= 15 is 0 Å². The number of rotatable bonds is 2. The molecule has 1 saturated heterocycles. The van der Waals surface area contributed by atoms with Gasteiger partial charge in [-0.3, -0.25) is 0 Å². The van der Waals surface area contributed by atoms with E-state index in [-0.39, 0.29) is 5.54 Å². The van der Waals surface area contributed by atoms with Gasteiger partial charge >= 0.3 is 0 Å². The summed E-state index contributed by atoms with van der Waals surface area (Å²) in [6.07, 6.45) is 4.27. The van der Waals surface area contributed by atoms with Gasteiger partial charge in [0.15, 0.2) is 5.82 Å². The Morgan fingerprint density at radius 2 is 2.00 bits per heavy atom. The van der Waals surface area contributed by atoms with Crippen LogP contribution in [0.1, 0.15) is 49.6 Å². The van der Waals surface area contributed by atoms with Crippen molar-refractivity contribution in [3.63, 3.8) is 0 Å². The van der Waals surface area contributed by atoms with Gasteiger partial charge in [-0.15, -0.1) is 11.8 Å². The van der Waals surface area contributed by atoms with Crippen LogP contribution in [-0.2, 0) is 5.54 Å². The smallest absolute Gasteiger partial charge is 0.246 e. The second-order valence-electron chi connectivity index (χ2n) is 5.19. The van der Waals surface area contributed by atoms with Crippen LogP contribution >= 0.6 is 23.5 Å². The summed E-state index contributed by atoms with van der Waals surface area (Å²) in [6, 6.07) is 0. The zero-order valence-corrected chi connectivity index (χ0v) is 12.2. The fourth-order valence-corrected chi connectivity index (χ4v) is 5.37. The molecular weight excluding hydrogens is 266 g/mol. The molecule has 2 heterocycles. The molecule has 4 nitrogen and oxygen atoms in total. The number of nitrogens with zero attached hydrogens (tertiary/aromatic N) is 2. The Hall–Kier alpha value is -0.200. The second-order valence-corrected chi connectivity index (χ2v) is 7.92. The number of nitrogens with two attached hydrogens (primary N) is 1. The number of thioether (sulfide) groups is 2. The lowest BCUT2D eigenvalue weighted by atomic mass is 9.99. The molecule has 1 saturated carbocycles. The minimum Gasteiger partial charge on any atom is -0.337 e. The van der Waals surface area contributed by atoms with Gasteiger partial charge in [-0.05, 0) is 12.8 Å². The van der Waals surface area contributed by atoms with Crippen molar-refractivity contribution in [1.29, 1.82) is 0 Å². The molecule has 1 aliphatic heterocycles. The fraction of sp³-hybridized carbons (Fsp3) is 0.833. The van der Waals surface area contributed by atoms with Crippen LogP contribution in [0, 0.1) is 0 Å². The fourth-order valence-electron chi connectivity index (χ4n) is 2.69. The zero-order valence-electron chi connectivity index (χ0n) is 10.6. The molecule has 1 aromatic rings. The summed E-state index contributed by atoms with van der Waals surface area (Å²) in [6.45, 7) is 2.24. The monoisotopic (exact) mass is 285 g/mol. The third-order valence-corrected chi connectivity index (χ3v) is 6.89. The van der Waals surface area contributed by atoms with Gasteiger partial charge in [0.25, 0.3) is 0 Å². The van der Waals surface area contributed by atoms with E-state index < -0.39 is 0 Å². The van der Waals surface area contributed by atoms with Crippen molar-refractivity contribution in [1.82, 2.24) is 10.1 Å². The van der Waals surface area contributed by atoms with Gasteiger partial charge in [0.05, 0.1) is 10.8 Å². The SMILES string of the molecule is CC1SCCSC1c1noc(C2(N)CCCC2)n1. The van der Waals surface area contributed by atoms with Crippen molar-refractivity contribution in [2.75, 3.05) is 11.5 Å². The van der Waals surface area contributed by atoms with Crippen LogP contribution in [0.15, 0.2) is 4.52 Å². The molecule has 2 fully saturated rings. The van der Waals surface area contributed by atoms with E-state index in [0.717, 1.165) is 24.4 Å². The lowest BCUT2D eigenvalue weighted by Gasteiger charge is -2.25. The lowest BCUT2D eigenvalue weighted by Crippen LogP contribution is -2.33. The highest BCUT2D eigenvalue weighted by atomic mass is 32.2. The first-order valence-corrected chi connectivity index (χ1v) is 8.65. The summed E-state index contributed by atoms with van der Waals surface area (Å²) < 4.78 is 5.44. The summed E-state index contributed by atoms with van der Waals surface area (Å²) in [5, 5.41) is 5.08. The highest BCUT2D eigenvalue weighted by Gasteiger charge is 2.38. The molecule has 3 rings (SSSR count). The molecule has 2 aliphatic rings. The van der Waals surface area contributed by atoms with Gasteiger partial charge < -0.3 is 10.3 Å². The minimum absolute atomic E-state index is 0.353. The van der Waals surface area contributed by atoms with E-state index in [4.69, 9.17) is 10.3 Å². The molecule has 100 valence electrons. The number of hydrogen-bond acceptors (Lipinski definition) is 6. The molecule has 2 unspecified atom stereocenters. The maximum absolute atomic E-state index is 6.35. The average molecular weight is 285 g/mol. The van der Waals surface area contributed by atoms with Gasteiger partial charge in [-0.25, -0.2) is 0 Å². The Morgan fingerprint density at radius 3 is 2.72 bits per heavy atom. The molecule has 0 spiro atoms. The molecule has 2 N–H and O–H groups in total. The summed E-state index contributed by atoms with van der Waals surface area (Å²) in [7, 11) is 0. The topological polar surface area (TPSA) is 64.9 Å². The highest BCUT2D eigenvalue weighted by molar-refractivity contribution is 8.06. The van der Waals surface area contributed by atoms with Crippen LogP contribution in [0.3, 0.4) is 0 Å². The summed E-state index contributed by atoms with van der Waals surface area (Å²) in [5.41, 5.74) is 5.99. The predicted molar refractivity (Wildman–Crippen MR) is 75.8 cm³/mol. The average Bonchev–Trinajstić information content (AvgIpc) is 2.99. The molecule has 1 aromatic heterocycles. The Kier molecular flexibility index (Phi) is 3.60. The van der Waals surface area contributed by atoms with Crippen LogP contribution in [0.4, 0.5) is 0 Å². The van der Waals surface area contributed by atoms with Crippen molar-refractivity contribution in [2.24, 2.45) is 5.73 Å².